The molecule has 0 unspecified atom stereocenters. The number of ether oxygens (including phenoxy) is 1. The van der Waals surface area contributed by atoms with Crippen LogP contribution in [0.2, 0.25) is 5.02 Å². The molecular weight excluding hydrogens is 408 g/mol. The first-order valence-corrected chi connectivity index (χ1v) is 10.4. The molecule has 2 heterocycles. The molecule has 0 fully saturated rings. The van der Waals surface area contributed by atoms with Crippen molar-refractivity contribution in [1.82, 2.24) is 4.40 Å². The molecule has 7 heteroatoms. The van der Waals surface area contributed by atoms with Crippen molar-refractivity contribution in [3.8, 4) is 6.07 Å². The van der Waals surface area contributed by atoms with Crippen LogP contribution in [-0.4, -0.2) is 28.5 Å². The maximum atomic E-state index is 12.7. The van der Waals surface area contributed by atoms with Crippen molar-refractivity contribution in [2.45, 2.75) is 25.7 Å². The van der Waals surface area contributed by atoms with Gasteiger partial charge in [0.25, 0.3) is 0 Å². The van der Waals surface area contributed by atoms with E-state index >= 15 is 0 Å². The van der Waals surface area contributed by atoms with E-state index in [1.54, 1.807) is 35.6 Å². The molecule has 0 radical (unpaired) electrons. The summed E-state index contributed by atoms with van der Waals surface area (Å²) in [5.41, 5.74) is 3.63. The van der Waals surface area contributed by atoms with Crippen LogP contribution in [0.15, 0.2) is 41.4 Å². The normalized spacial score (nSPS) is 10.7. The molecule has 0 aliphatic carbocycles. The molecule has 3 rings (SSSR count). The number of rotatable bonds is 6. The molecule has 3 aromatic rings. The summed E-state index contributed by atoms with van der Waals surface area (Å²) >= 11 is 7.05. The maximum Gasteiger partial charge on any atom is 0.341 e. The Morgan fingerprint density at radius 2 is 1.93 bits per heavy atom. The molecule has 0 atom stereocenters. The Hall–Kier alpha value is -2.75. The van der Waals surface area contributed by atoms with E-state index in [1.807, 2.05) is 26.1 Å². The number of halogens is 1. The summed E-state index contributed by atoms with van der Waals surface area (Å²) in [5, 5.41) is 10.4. The molecule has 0 saturated carbocycles. The third kappa shape index (κ3) is 4.16. The number of thioether (sulfide) groups is 1. The summed E-state index contributed by atoms with van der Waals surface area (Å²) < 4.78 is 6.96. The number of pyridine rings is 1. The molecular formula is C22H19ClN2O3S. The Balaban J connectivity index is 2.08. The van der Waals surface area contributed by atoms with Gasteiger partial charge in [0.1, 0.15) is 17.3 Å². The number of nitriles is 1. The highest BCUT2D eigenvalue weighted by atomic mass is 35.5. The minimum atomic E-state index is -0.500. The fourth-order valence-corrected chi connectivity index (χ4v) is 4.40. The molecule has 0 spiro atoms. The van der Waals surface area contributed by atoms with Crippen molar-refractivity contribution in [3.63, 3.8) is 0 Å². The van der Waals surface area contributed by atoms with Gasteiger partial charge in [0.15, 0.2) is 5.78 Å². The summed E-state index contributed by atoms with van der Waals surface area (Å²) in [4.78, 5) is 25.8. The number of aryl methyl sites for hydroxylation is 2. The lowest BCUT2D eigenvalue weighted by molar-refractivity contribution is 0.0524. The molecule has 0 amide bonds. The van der Waals surface area contributed by atoms with Crippen molar-refractivity contribution in [1.29, 1.82) is 5.26 Å². The zero-order chi connectivity index (χ0) is 21.1. The quantitative estimate of drug-likeness (QED) is 0.306. The molecule has 29 heavy (non-hydrogen) atoms. The van der Waals surface area contributed by atoms with Gasteiger partial charge in [-0.3, -0.25) is 4.79 Å². The van der Waals surface area contributed by atoms with Gasteiger partial charge >= 0.3 is 5.97 Å². The van der Waals surface area contributed by atoms with Crippen molar-refractivity contribution in [2.75, 3.05) is 12.4 Å². The summed E-state index contributed by atoms with van der Waals surface area (Å²) in [6, 6.07) is 10.8. The number of fused-ring (bicyclic) bond motifs is 1. The third-order valence-electron chi connectivity index (χ3n) is 4.41. The zero-order valence-electron chi connectivity index (χ0n) is 16.3. The predicted molar refractivity (Wildman–Crippen MR) is 114 cm³/mol. The van der Waals surface area contributed by atoms with Crippen molar-refractivity contribution < 1.29 is 14.3 Å². The number of hydrogen-bond donors (Lipinski definition) is 0. The van der Waals surface area contributed by atoms with E-state index in [4.69, 9.17) is 16.3 Å². The first-order chi connectivity index (χ1) is 13.9. The van der Waals surface area contributed by atoms with Crippen LogP contribution < -0.4 is 0 Å². The molecule has 0 saturated heterocycles. The number of aromatic nitrogens is 1. The SMILES string of the molecule is CCOC(=O)c1c(SCC(=O)c2ccc(Cl)cc2)c(C#N)n2cc(C)cc(C)c12. The van der Waals surface area contributed by atoms with Crippen LogP contribution in [0.5, 0.6) is 0 Å². The van der Waals surface area contributed by atoms with Gasteiger partial charge in [0.2, 0.25) is 0 Å². The van der Waals surface area contributed by atoms with Crippen molar-refractivity contribution in [3.05, 3.63) is 69.5 Å². The van der Waals surface area contributed by atoms with E-state index in [2.05, 4.69) is 6.07 Å². The molecule has 0 aliphatic rings. The molecule has 0 N–H and O–H groups in total. The third-order valence-corrected chi connectivity index (χ3v) is 5.76. The van der Waals surface area contributed by atoms with E-state index < -0.39 is 5.97 Å². The van der Waals surface area contributed by atoms with E-state index in [0.717, 1.165) is 11.1 Å². The average Bonchev–Trinajstić information content (AvgIpc) is 3.00. The van der Waals surface area contributed by atoms with Gasteiger partial charge in [0, 0.05) is 16.8 Å². The molecule has 1 aromatic carbocycles. The van der Waals surface area contributed by atoms with Crippen molar-refractivity contribution >= 4 is 40.6 Å². The van der Waals surface area contributed by atoms with Crippen LogP contribution in [0.25, 0.3) is 5.52 Å². The van der Waals surface area contributed by atoms with Gasteiger partial charge in [0.05, 0.1) is 22.8 Å². The lowest BCUT2D eigenvalue weighted by Crippen LogP contribution is -2.07. The second-order valence-corrected chi connectivity index (χ2v) is 7.94. The summed E-state index contributed by atoms with van der Waals surface area (Å²) in [6.45, 7) is 5.76. The first-order valence-electron chi connectivity index (χ1n) is 9.01. The van der Waals surface area contributed by atoms with Crippen LogP contribution in [-0.2, 0) is 4.74 Å². The number of Topliss-reactive ketones (excluding diaryl/α,β-unsaturated/α-hetero) is 1. The molecule has 0 aliphatic heterocycles. The predicted octanol–water partition coefficient (Wildman–Crippen LogP) is 5.23. The maximum absolute atomic E-state index is 12.7. The van der Waals surface area contributed by atoms with E-state index in [9.17, 15) is 14.9 Å². The Morgan fingerprint density at radius 1 is 1.24 bits per heavy atom. The minimum absolute atomic E-state index is 0.0810. The van der Waals surface area contributed by atoms with Gasteiger partial charge in [-0.25, -0.2) is 4.79 Å². The molecule has 148 valence electrons. The van der Waals surface area contributed by atoms with Crippen molar-refractivity contribution in [2.24, 2.45) is 0 Å². The lowest BCUT2D eigenvalue weighted by atomic mass is 10.1. The molecule has 2 aromatic heterocycles. The fourth-order valence-electron chi connectivity index (χ4n) is 3.23. The second-order valence-electron chi connectivity index (χ2n) is 6.52. The number of carbonyl (C=O) groups is 2. The number of hydrogen-bond acceptors (Lipinski definition) is 5. The average molecular weight is 427 g/mol. The number of nitrogens with zero attached hydrogens (tertiary/aromatic N) is 2. The highest BCUT2D eigenvalue weighted by Crippen LogP contribution is 2.35. The standard InChI is InChI=1S/C22H19ClN2O3S/c1-4-28-22(27)19-20-14(3)9-13(2)11-25(20)17(10-24)21(19)29-12-18(26)15-5-7-16(23)8-6-15/h5-9,11H,4,12H2,1-3H3. The van der Waals surface area contributed by atoms with E-state index in [-0.39, 0.29) is 18.1 Å². The molecule has 0 bridgehead atoms. The highest BCUT2D eigenvalue weighted by molar-refractivity contribution is 8.00. The monoisotopic (exact) mass is 426 g/mol. The summed E-state index contributed by atoms with van der Waals surface area (Å²) in [7, 11) is 0. The summed E-state index contributed by atoms with van der Waals surface area (Å²) in [5.74, 6) is -0.536. The van der Waals surface area contributed by atoms with E-state index in [1.165, 1.54) is 11.8 Å². The zero-order valence-corrected chi connectivity index (χ0v) is 17.9. The highest BCUT2D eigenvalue weighted by Gasteiger charge is 2.27. The molecule has 5 nitrogen and oxygen atoms in total. The Labute approximate surface area is 178 Å². The fraction of sp³-hybridized carbons (Fsp3) is 0.227. The second kappa shape index (κ2) is 8.73. The van der Waals surface area contributed by atoms with Gasteiger partial charge in [-0.05, 0) is 56.2 Å². The minimum Gasteiger partial charge on any atom is -0.462 e. The number of benzene rings is 1. The van der Waals surface area contributed by atoms with E-state index in [0.29, 0.717) is 32.3 Å². The number of ketones is 1. The van der Waals surface area contributed by atoms with Crippen LogP contribution in [0, 0.1) is 25.2 Å². The van der Waals surface area contributed by atoms with Crippen LogP contribution in [0.4, 0.5) is 0 Å². The Morgan fingerprint density at radius 3 is 2.55 bits per heavy atom. The Kier molecular flexibility index (Phi) is 6.31. The number of esters is 1. The van der Waals surface area contributed by atoms with Gasteiger partial charge < -0.3 is 9.14 Å². The first kappa shape index (κ1) is 21.0. The topological polar surface area (TPSA) is 71.6 Å². The van der Waals surface area contributed by atoms with Gasteiger partial charge in [-0.2, -0.15) is 5.26 Å². The lowest BCUT2D eigenvalue weighted by Gasteiger charge is -2.06. The van der Waals surface area contributed by atoms with Crippen LogP contribution in [0.1, 0.15) is 44.5 Å². The smallest absolute Gasteiger partial charge is 0.341 e. The van der Waals surface area contributed by atoms with Crippen LogP contribution >= 0.6 is 23.4 Å². The van der Waals surface area contributed by atoms with Gasteiger partial charge in [-0.1, -0.05) is 17.7 Å². The Bertz CT molecular complexity index is 1140. The van der Waals surface area contributed by atoms with Crippen LogP contribution in [0.3, 0.4) is 0 Å². The summed E-state index contributed by atoms with van der Waals surface area (Å²) in [6.07, 6.45) is 1.81. The van der Waals surface area contributed by atoms with Gasteiger partial charge in [-0.15, -0.1) is 11.8 Å². The largest absolute Gasteiger partial charge is 0.462 e. The number of carbonyl (C=O) groups excluding carboxylic acids is 2.